The predicted molar refractivity (Wildman–Crippen MR) is 81.8 cm³/mol. The van der Waals surface area contributed by atoms with Gasteiger partial charge in [0.1, 0.15) is 6.23 Å². The number of carbonyl (C=O) groups is 1. The molecular formula is C14H19N5O4. The number of nitrogens with one attached hydrogen (secondary N) is 2. The molecule has 9 heteroatoms. The molecule has 1 amide bonds. The molecule has 1 fully saturated rings. The van der Waals surface area contributed by atoms with Crippen molar-refractivity contribution in [3.8, 4) is 0 Å². The molecule has 9 nitrogen and oxygen atoms in total. The zero-order valence-corrected chi connectivity index (χ0v) is 12.9. The van der Waals surface area contributed by atoms with Crippen molar-refractivity contribution in [2.24, 2.45) is 11.8 Å². The molecule has 3 N–H and O–H groups in total. The highest BCUT2D eigenvalue weighted by Gasteiger charge is 2.28. The van der Waals surface area contributed by atoms with Gasteiger partial charge in [0.05, 0.1) is 12.9 Å². The average Bonchev–Trinajstić information content (AvgIpc) is 3.12. The van der Waals surface area contributed by atoms with E-state index in [1.807, 2.05) is 0 Å². The molecule has 2 aromatic rings. The first-order valence-corrected chi connectivity index (χ1v) is 7.49. The molecule has 2 atom stereocenters. The van der Waals surface area contributed by atoms with Crippen molar-refractivity contribution in [3.63, 3.8) is 0 Å². The first-order chi connectivity index (χ1) is 11.0. The van der Waals surface area contributed by atoms with Crippen LogP contribution in [-0.2, 0) is 9.53 Å². The number of ether oxygens (including phenoxy) is 1. The van der Waals surface area contributed by atoms with Crippen molar-refractivity contribution in [2.45, 2.75) is 26.5 Å². The molecule has 0 bridgehead atoms. The Morgan fingerprint density at radius 3 is 3.04 bits per heavy atom. The quantitative estimate of drug-likeness (QED) is 0.741. The Balaban J connectivity index is 1.96. The summed E-state index contributed by atoms with van der Waals surface area (Å²) in [6, 6.07) is 0. The van der Waals surface area contributed by atoms with Crippen LogP contribution in [0.3, 0.4) is 0 Å². The number of carbonyl (C=O) groups excluding carboxylic acids is 1. The van der Waals surface area contributed by atoms with E-state index >= 15 is 0 Å². The van der Waals surface area contributed by atoms with Gasteiger partial charge in [-0.1, -0.05) is 13.8 Å². The second-order valence-electron chi connectivity index (χ2n) is 5.95. The van der Waals surface area contributed by atoms with Crippen LogP contribution >= 0.6 is 0 Å². The van der Waals surface area contributed by atoms with Gasteiger partial charge >= 0.3 is 0 Å². The minimum atomic E-state index is -0.426. The van der Waals surface area contributed by atoms with Crippen LogP contribution in [0.4, 0.5) is 5.95 Å². The maximum Gasteiger partial charge on any atom is 0.280 e. The van der Waals surface area contributed by atoms with E-state index in [1.54, 1.807) is 18.4 Å². The van der Waals surface area contributed by atoms with Gasteiger partial charge in [-0.3, -0.25) is 24.5 Å². The third-order valence-corrected chi connectivity index (χ3v) is 3.83. The van der Waals surface area contributed by atoms with Gasteiger partial charge in [-0.15, -0.1) is 0 Å². The summed E-state index contributed by atoms with van der Waals surface area (Å²) < 4.78 is 7.29. The third kappa shape index (κ3) is 2.97. The number of H-pyrrole nitrogens is 1. The molecule has 1 saturated heterocycles. The molecule has 23 heavy (non-hydrogen) atoms. The van der Waals surface area contributed by atoms with Gasteiger partial charge in [0.25, 0.3) is 5.56 Å². The summed E-state index contributed by atoms with van der Waals surface area (Å²) in [6.45, 7) is 3.99. The van der Waals surface area contributed by atoms with E-state index in [0.717, 1.165) is 0 Å². The highest BCUT2D eigenvalue weighted by atomic mass is 16.5. The number of aliphatic hydroxyl groups excluding tert-OH is 1. The van der Waals surface area contributed by atoms with Crippen LogP contribution in [0.5, 0.6) is 0 Å². The van der Waals surface area contributed by atoms with Crippen molar-refractivity contribution in [3.05, 3.63) is 16.7 Å². The monoisotopic (exact) mass is 321 g/mol. The van der Waals surface area contributed by atoms with Crippen molar-refractivity contribution < 1.29 is 14.6 Å². The first kappa shape index (κ1) is 15.6. The first-order valence-electron chi connectivity index (χ1n) is 7.49. The summed E-state index contributed by atoms with van der Waals surface area (Å²) in [4.78, 5) is 34.7. The number of nitrogens with zero attached hydrogens (tertiary/aromatic N) is 3. The molecule has 1 aliphatic heterocycles. The summed E-state index contributed by atoms with van der Waals surface area (Å²) in [6.07, 6.45) is 1.77. The summed E-state index contributed by atoms with van der Waals surface area (Å²) in [5, 5.41) is 11.8. The fourth-order valence-corrected chi connectivity index (χ4v) is 2.45. The van der Waals surface area contributed by atoms with Gasteiger partial charge in [0.2, 0.25) is 11.9 Å². The number of hydrogen-bond acceptors (Lipinski definition) is 6. The van der Waals surface area contributed by atoms with E-state index in [4.69, 9.17) is 4.74 Å². The standard InChI is InChI=1S/C14H19N5O4/c1-7(2)12(21)17-14-16-11-10(13(22)18-14)15-6-19(11)9-3-8(4-20)5-23-9/h6-9,20H,3-5H2,1-2H3,(H2,16,17,18,21,22). The minimum absolute atomic E-state index is 0.0484. The number of aliphatic hydroxyl groups is 1. The Hall–Kier alpha value is -2.26. The molecule has 124 valence electrons. The lowest BCUT2D eigenvalue weighted by Crippen LogP contribution is -2.22. The van der Waals surface area contributed by atoms with Crippen LogP contribution in [-0.4, -0.2) is 43.7 Å². The van der Waals surface area contributed by atoms with Gasteiger partial charge in [-0.25, -0.2) is 4.98 Å². The normalized spacial score (nSPS) is 21.2. The number of fused-ring (bicyclic) bond motifs is 1. The predicted octanol–water partition coefficient (Wildman–Crippen LogP) is 0.241. The SMILES string of the molecule is CC(C)C(=O)Nc1nc2c(ncn2C2CC(CO)CO2)c(=O)[nH]1. The van der Waals surface area contributed by atoms with Crippen molar-refractivity contribution in [1.29, 1.82) is 0 Å². The summed E-state index contributed by atoms with van der Waals surface area (Å²) in [5.74, 6) is -0.334. The summed E-state index contributed by atoms with van der Waals surface area (Å²) in [5.41, 5.74) is 0.101. The largest absolute Gasteiger partial charge is 0.396 e. The molecule has 0 radical (unpaired) electrons. The van der Waals surface area contributed by atoms with Crippen LogP contribution in [0, 0.1) is 11.8 Å². The van der Waals surface area contributed by atoms with Crippen molar-refractivity contribution in [1.82, 2.24) is 19.5 Å². The Bertz CT molecular complexity index is 781. The van der Waals surface area contributed by atoms with Gasteiger partial charge < -0.3 is 9.84 Å². The number of aromatic nitrogens is 4. The fraction of sp³-hybridized carbons (Fsp3) is 0.571. The zero-order chi connectivity index (χ0) is 16.6. The molecule has 0 saturated carbocycles. The van der Waals surface area contributed by atoms with Crippen LogP contribution < -0.4 is 10.9 Å². The van der Waals surface area contributed by atoms with Gasteiger partial charge in [-0.2, -0.15) is 4.98 Å². The van der Waals surface area contributed by atoms with Crippen LogP contribution in [0.15, 0.2) is 11.1 Å². The molecule has 2 aromatic heterocycles. The van der Waals surface area contributed by atoms with E-state index in [9.17, 15) is 14.7 Å². The van der Waals surface area contributed by atoms with E-state index in [-0.39, 0.29) is 42.0 Å². The highest BCUT2D eigenvalue weighted by Crippen LogP contribution is 2.29. The number of aromatic amines is 1. The number of amides is 1. The molecule has 0 aromatic carbocycles. The smallest absolute Gasteiger partial charge is 0.280 e. The maximum absolute atomic E-state index is 12.1. The van der Waals surface area contributed by atoms with Crippen molar-refractivity contribution in [2.75, 3.05) is 18.5 Å². The topological polar surface area (TPSA) is 122 Å². The van der Waals surface area contributed by atoms with E-state index in [0.29, 0.717) is 18.7 Å². The lowest BCUT2D eigenvalue weighted by Gasteiger charge is -2.12. The molecular weight excluding hydrogens is 302 g/mol. The average molecular weight is 321 g/mol. The minimum Gasteiger partial charge on any atom is -0.396 e. The molecule has 0 aliphatic carbocycles. The second kappa shape index (κ2) is 6.09. The lowest BCUT2D eigenvalue weighted by molar-refractivity contribution is -0.118. The number of imidazole rings is 1. The van der Waals surface area contributed by atoms with E-state index < -0.39 is 5.56 Å². The fourth-order valence-electron chi connectivity index (χ4n) is 2.45. The molecule has 2 unspecified atom stereocenters. The molecule has 0 spiro atoms. The third-order valence-electron chi connectivity index (χ3n) is 3.83. The Morgan fingerprint density at radius 1 is 1.61 bits per heavy atom. The van der Waals surface area contributed by atoms with Crippen molar-refractivity contribution >= 4 is 23.0 Å². The molecule has 1 aliphatic rings. The highest BCUT2D eigenvalue weighted by molar-refractivity contribution is 5.91. The van der Waals surface area contributed by atoms with Crippen LogP contribution in [0.1, 0.15) is 26.5 Å². The van der Waals surface area contributed by atoms with E-state index in [2.05, 4.69) is 20.3 Å². The molecule has 3 heterocycles. The zero-order valence-electron chi connectivity index (χ0n) is 12.9. The Labute approximate surface area is 131 Å². The number of rotatable bonds is 4. The molecule has 3 rings (SSSR count). The maximum atomic E-state index is 12.1. The second-order valence-corrected chi connectivity index (χ2v) is 5.95. The van der Waals surface area contributed by atoms with Gasteiger partial charge in [0.15, 0.2) is 11.2 Å². The van der Waals surface area contributed by atoms with Crippen LogP contribution in [0.2, 0.25) is 0 Å². The van der Waals surface area contributed by atoms with Gasteiger partial charge in [0, 0.05) is 18.4 Å². The van der Waals surface area contributed by atoms with E-state index in [1.165, 1.54) is 6.33 Å². The summed E-state index contributed by atoms with van der Waals surface area (Å²) >= 11 is 0. The lowest BCUT2D eigenvalue weighted by atomic mass is 10.1. The van der Waals surface area contributed by atoms with Crippen LogP contribution in [0.25, 0.3) is 11.2 Å². The Morgan fingerprint density at radius 2 is 2.39 bits per heavy atom. The summed E-state index contributed by atoms with van der Waals surface area (Å²) in [7, 11) is 0. The Kier molecular flexibility index (Phi) is 4.14. The number of hydrogen-bond donors (Lipinski definition) is 3. The van der Waals surface area contributed by atoms with Gasteiger partial charge in [-0.05, 0) is 6.42 Å². The number of anilines is 1.